The van der Waals surface area contributed by atoms with Gasteiger partial charge in [0, 0.05) is 50.5 Å². The molecule has 0 bridgehead atoms. The second kappa shape index (κ2) is 9.94. The van der Waals surface area contributed by atoms with Crippen LogP contribution in [-0.4, -0.2) is 79.9 Å². The Labute approximate surface area is 194 Å². The molecule has 0 aromatic heterocycles. The van der Waals surface area contributed by atoms with E-state index in [1.54, 1.807) is 28.0 Å². The number of carbonyl (C=O) groups excluding carboxylic acids is 3. The molecule has 0 atom stereocenters. The molecule has 2 aromatic carbocycles. The molecule has 0 aliphatic carbocycles. The van der Waals surface area contributed by atoms with Crippen LogP contribution in [0.1, 0.15) is 24.2 Å². The van der Waals surface area contributed by atoms with Crippen molar-refractivity contribution in [2.75, 3.05) is 62.2 Å². The Morgan fingerprint density at radius 3 is 2.33 bits per heavy atom. The number of hydrogen-bond donors (Lipinski definition) is 0. The van der Waals surface area contributed by atoms with Gasteiger partial charge in [0.2, 0.25) is 5.91 Å². The highest BCUT2D eigenvalue weighted by molar-refractivity contribution is 6.04. The number of rotatable bonds is 6. The number of hydrogen-bond acceptors (Lipinski definition) is 5. The lowest BCUT2D eigenvalue weighted by atomic mass is 10.1. The fraction of sp³-hybridized carbons (Fsp3) is 0.400. The second-order valence-electron chi connectivity index (χ2n) is 8.13. The van der Waals surface area contributed by atoms with Crippen LogP contribution in [0.2, 0.25) is 0 Å². The first kappa shape index (κ1) is 22.6. The molecule has 2 aromatic rings. The number of carbonyl (C=O) groups is 3. The van der Waals surface area contributed by atoms with E-state index in [0.29, 0.717) is 43.2 Å². The molecule has 174 valence electrons. The summed E-state index contributed by atoms with van der Waals surface area (Å²) in [5.41, 5.74) is 2.09. The first-order valence-electron chi connectivity index (χ1n) is 11.5. The van der Waals surface area contributed by atoms with Gasteiger partial charge in [0.15, 0.2) is 6.61 Å². The molecule has 8 heteroatoms. The molecule has 0 saturated carbocycles. The van der Waals surface area contributed by atoms with Crippen molar-refractivity contribution in [3.63, 3.8) is 0 Å². The van der Waals surface area contributed by atoms with E-state index in [0.717, 1.165) is 18.8 Å². The first-order valence-corrected chi connectivity index (χ1v) is 11.5. The molecular weight excluding hydrogens is 420 g/mol. The first-order chi connectivity index (χ1) is 16.0. The predicted octanol–water partition coefficient (Wildman–Crippen LogP) is 2.24. The third kappa shape index (κ3) is 4.79. The summed E-state index contributed by atoms with van der Waals surface area (Å²) >= 11 is 0. The van der Waals surface area contributed by atoms with E-state index in [9.17, 15) is 14.4 Å². The number of ether oxygens (including phenoxy) is 1. The zero-order valence-corrected chi connectivity index (χ0v) is 19.2. The van der Waals surface area contributed by atoms with Crippen LogP contribution in [0.15, 0.2) is 48.5 Å². The van der Waals surface area contributed by atoms with Gasteiger partial charge in [-0.05, 0) is 44.2 Å². The number of nitrogens with zero attached hydrogens (tertiary/aromatic N) is 4. The molecule has 0 spiro atoms. The van der Waals surface area contributed by atoms with Gasteiger partial charge in [-0.1, -0.05) is 18.2 Å². The van der Waals surface area contributed by atoms with E-state index >= 15 is 0 Å². The SMILES string of the molecule is CCN(CC)C(=O)c1ccc2c(c1)N(CC(=O)N1CCN(c3ccccc3)CC1)C(=O)CO2. The van der Waals surface area contributed by atoms with Crippen LogP contribution in [0, 0.1) is 0 Å². The Bertz CT molecular complexity index is 1010. The molecule has 3 amide bonds. The zero-order valence-electron chi connectivity index (χ0n) is 19.2. The van der Waals surface area contributed by atoms with Crippen molar-refractivity contribution in [3.8, 4) is 5.75 Å². The van der Waals surface area contributed by atoms with E-state index in [1.807, 2.05) is 32.0 Å². The summed E-state index contributed by atoms with van der Waals surface area (Å²) < 4.78 is 5.56. The van der Waals surface area contributed by atoms with Gasteiger partial charge < -0.3 is 19.4 Å². The Kier molecular flexibility index (Phi) is 6.82. The summed E-state index contributed by atoms with van der Waals surface area (Å²) in [5.74, 6) is 0.00659. The average molecular weight is 451 g/mol. The van der Waals surface area contributed by atoms with Gasteiger partial charge in [-0.25, -0.2) is 0 Å². The molecule has 0 unspecified atom stereocenters. The standard InChI is InChI=1S/C25H30N4O4/c1-3-26(4-2)25(32)19-10-11-22-21(16-19)29(24(31)18-33-22)17-23(30)28-14-12-27(13-15-28)20-8-6-5-7-9-20/h5-11,16H,3-4,12-15,17-18H2,1-2H3. The van der Waals surface area contributed by atoms with Gasteiger partial charge in [-0.2, -0.15) is 0 Å². The van der Waals surface area contributed by atoms with Crippen LogP contribution >= 0.6 is 0 Å². The molecular formula is C25H30N4O4. The zero-order chi connectivity index (χ0) is 23.4. The average Bonchev–Trinajstić information content (AvgIpc) is 2.86. The van der Waals surface area contributed by atoms with Crippen LogP contribution in [0.25, 0.3) is 0 Å². The maximum absolute atomic E-state index is 13.1. The topological polar surface area (TPSA) is 73.4 Å². The molecule has 8 nitrogen and oxygen atoms in total. The molecule has 2 aliphatic heterocycles. The summed E-state index contributed by atoms with van der Waals surface area (Å²) in [4.78, 5) is 45.8. The van der Waals surface area contributed by atoms with Crippen molar-refractivity contribution >= 4 is 29.1 Å². The number of para-hydroxylation sites is 1. The van der Waals surface area contributed by atoms with Gasteiger partial charge >= 0.3 is 0 Å². The van der Waals surface area contributed by atoms with Gasteiger partial charge in [0.1, 0.15) is 12.3 Å². The van der Waals surface area contributed by atoms with Crippen molar-refractivity contribution in [3.05, 3.63) is 54.1 Å². The minimum atomic E-state index is -0.286. The minimum absolute atomic E-state index is 0.0660. The summed E-state index contributed by atoms with van der Waals surface area (Å²) in [6.45, 7) is 7.54. The van der Waals surface area contributed by atoms with Crippen molar-refractivity contribution in [2.24, 2.45) is 0 Å². The van der Waals surface area contributed by atoms with E-state index in [4.69, 9.17) is 4.74 Å². The molecule has 33 heavy (non-hydrogen) atoms. The van der Waals surface area contributed by atoms with Crippen molar-refractivity contribution < 1.29 is 19.1 Å². The third-order valence-corrected chi connectivity index (χ3v) is 6.25. The van der Waals surface area contributed by atoms with Crippen LogP contribution in [0.4, 0.5) is 11.4 Å². The molecule has 0 radical (unpaired) electrons. The monoisotopic (exact) mass is 450 g/mol. The largest absolute Gasteiger partial charge is 0.482 e. The number of amides is 3. The normalized spacial score (nSPS) is 15.7. The van der Waals surface area contributed by atoms with E-state index in [-0.39, 0.29) is 30.9 Å². The maximum atomic E-state index is 13.1. The van der Waals surface area contributed by atoms with E-state index in [1.165, 1.54) is 4.90 Å². The fourth-order valence-electron chi connectivity index (χ4n) is 4.29. The lowest BCUT2D eigenvalue weighted by molar-refractivity contribution is -0.132. The Morgan fingerprint density at radius 2 is 1.67 bits per heavy atom. The molecule has 0 N–H and O–H groups in total. The summed E-state index contributed by atoms with van der Waals surface area (Å²) in [6, 6.07) is 15.2. The predicted molar refractivity (Wildman–Crippen MR) is 127 cm³/mol. The van der Waals surface area contributed by atoms with E-state index in [2.05, 4.69) is 17.0 Å². The highest BCUT2D eigenvalue weighted by atomic mass is 16.5. The summed E-state index contributed by atoms with van der Waals surface area (Å²) in [5, 5.41) is 0. The fourth-order valence-corrected chi connectivity index (χ4v) is 4.29. The molecule has 2 aliphatic rings. The van der Waals surface area contributed by atoms with Crippen molar-refractivity contribution in [2.45, 2.75) is 13.8 Å². The Morgan fingerprint density at radius 1 is 0.970 bits per heavy atom. The highest BCUT2D eigenvalue weighted by Crippen LogP contribution is 2.33. The number of anilines is 2. The highest BCUT2D eigenvalue weighted by Gasteiger charge is 2.31. The minimum Gasteiger partial charge on any atom is -0.482 e. The number of fused-ring (bicyclic) bond motifs is 1. The number of benzene rings is 2. The quantitative estimate of drug-likeness (QED) is 0.675. The molecule has 1 saturated heterocycles. The lowest BCUT2D eigenvalue weighted by Crippen LogP contribution is -2.53. The van der Waals surface area contributed by atoms with Crippen molar-refractivity contribution in [1.82, 2.24) is 9.80 Å². The van der Waals surface area contributed by atoms with Crippen LogP contribution in [-0.2, 0) is 9.59 Å². The molecule has 4 rings (SSSR count). The van der Waals surface area contributed by atoms with E-state index < -0.39 is 0 Å². The van der Waals surface area contributed by atoms with Crippen molar-refractivity contribution in [1.29, 1.82) is 0 Å². The van der Waals surface area contributed by atoms with Gasteiger partial charge in [0.05, 0.1) is 5.69 Å². The van der Waals surface area contributed by atoms with Gasteiger partial charge in [0.25, 0.3) is 11.8 Å². The Balaban J connectivity index is 1.46. The Hall–Kier alpha value is -3.55. The molecule has 2 heterocycles. The van der Waals surface area contributed by atoms with Crippen LogP contribution < -0.4 is 14.5 Å². The molecule has 1 fully saturated rings. The van der Waals surface area contributed by atoms with Crippen LogP contribution in [0.3, 0.4) is 0 Å². The smallest absolute Gasteiger partial charge is 0.265 e. The summed E-state index contributed by atoms with van der Waals surface area (Å²) in [6.07, 6.45) is 0. The second-order valence-corrected chi connectivity index (χ2v) is 8.13. The van der Waals surface area contributed by atoms with Gasteiger partial charge in [-0.15, -0.1) is 0 Å². The van der Waals surface area contributed by atoms with Crippen LogP contribution in [0.5, 0.6) is 5.75 Å². The number of piperazine rings is 1. The lowest BCUT2D eigenvalue weighted by Gasteiger charge is -2.37. The summed E-state index contributed by atoms with van der Waals surface area (Å²) in [7, 11) is 0. The maximum Gasteiger partial charge on any atom is 0.265 e. The van der Waals surface area contributed by atoms with Gasteiger partial charge in [-0.3, -0.25) is 19.3 Å². The third-order valence-electron chi connectivity index (χ3n) is 6.25.